The molecule has 30 heavy (non-hydrogen) atoms. The Morgan fingerprint density at radius 1 is 0.967 bits per heavy atom. The van der Waals surface area contributed by atoms with Crippen molar-refractivity contribution < 1.29 is 13.2 Å². The molecule has 0 unspecified atom stereocenters. The summed E-state index contributed by atoms with van der Waals surface area (Å²) in [4.78, 5) is 12.6. The van der Waals surface area contributed by atoms with Crippen molar-refractivity contribution in [2.45, 2.75) is 81.6 Å². The van der Waals surface area contributed by atoms with Gasteiger partial charge in [0, 0.05) is 17.9 Å². The first-order valence-electron chi connectivity index (χ1n) is 10.7. The van der Waals surface area contributed by atoms with Gasteiger partial charge in [0.1, 0.15) is 11.6 Å². The van der Waals surface area contributed by atoms with Gasteiger partial charge in [-0.1, -0.05) is 57.8 Å². The standard InChI is InChI=1S/C22H32N4O3S/c23-16-18(17-25-19-12-14-21(15-13-19)30(24,28)29)22(27)26-20-10-8-6-4-2-1-3-5-7-9-11-20/h12-15,17,20,25H,1-11H2,(H,26,27)(H2,24,28,29)/b18-17-. The predicted molar refractivity (Wildman–Crippen MR) is 118 cm³/mol. The number of nitrogens with one attached hydrogen (secondary N) is 2. The van der Waals surface area contributed by atoms with Gasteiger partial charge in [-0.25, -0.2) is 13.6 Å². The van der Waals surface area contributed by atoms with E-state index >= 15 is 0 Å². The summed E-state index contributed by atoms with van der Waals surface area (Å²) in [5, 5.41) is 20.4. The summed E-state index contributed by atoms with van der Waals surface area (Å²) < 4.78 is 22.6. The van der Waals surface area contributed by atoms with E-state index in [2.05, 4.69) is 10.6 Å². The van der Waals surface area contributed by atoms with E-state index in [0.717, 1.165) is 25.7 Å². The van der Waals surface area contributed by atoms with Crippen LogP contribution in [0.4, 0.5) is 5.69 Å². The van der Waals surface area contributed by atoms with Crippen LogP contribution in [0.2, 0.25) is 0 Å². The third-order valence-electron chi connectivity index (χ3n) is 5.37. The number of anilines is 1. The number of rotatable bonds is 5. The summed E-state index contributed by atoms with van der Waals surface area (Å²) in [5.41, 5.74) is 0.533. The molecule has 8 heteroatoms. The van der Waals surface area contributed by atoms with Gasteiger partial charge >= 0.3 is 0 Å². The first kappa shape index (κ1) is 23.9. The van der Waals surface area contributed by atoms with Crippen LogP contribution in [0.15, 0.2) is 40.9 Å². The Balaban J connectivity index is 1.95. The van der Waals surface area contributed by atoms with Crippen LogP contribution >= 0.6 is 0 Å². The van der Waals surface area contributed by atoms with Crippen LogP contribution in [0, 0.1) is 11.3 Å². The molecule has 0 bridgehead atoms. The van der Waals surface area contributed by atoms with E-state index in [9.17, 15) is 18.5 Å². The van der Waals surface area contributed by atoms with E-state index < -0.39 is 10.0 Å². The van der Waals surface area contributed by atoms with Gasteiger partial charge in [-0.2, -0.15) is 5.26 Å². The van der Waals surface area contributed by atoms with Crippen molar-refractivity contribution in [1.29, 1.82) is 5.26 Å². The second-order valence-corrected chi connectivity index (χ2v) is 9.37. The second-order valence-electron chi connectivity index (χ2n) is 7.81. The van der Waals surface area contributed by atoms with Crippen molar-refractivity contribution in [3.63, 3.8) is 0 Å². The highest BCUT2D eigenvalue weighted by atomic mass is 32.2. The number of primary sulfonamides is 1. The zero-order valence-corrected chi connectivity index (χ0v) is 18.2. The van der Waals surface area contributed by atoms with E-state index in [1.165, 1.54) is 75.4 Å². The highest BCUT2D eigenvalue weighted by Crippen LogP contribution is 2.17. The molecule has 0 aliphatic heterocycles. The van der Waals surface area contributed by atoms with E-state index in [-0.39, 0.29) is 22.4 Å². The maximum Gasteiger partial charge on any atom is 0.263 e. The molecule has 1 aromatic carbocycles. The molecule has 0 saturated heterocycles. The number of amides is 1. The molecule has 0 heterocycles. The fourth-order valence-corrected chi connectivity index (χ4v) is 4.13. The van der Waals surface area contributed by atoms with Gasteiger partial charge in [0.2, 0.25) is 10.0 Å². The number of carbonyl (C=O) groups is 1. The molecule has 7 nitrogen and oxygen atoms in total. The van der Waals surface area contributed by atoms with E-state index in [1.807, 2.05) is 6.07 Å². The van der Waals surface area contributed by atoms with Crippen molar-refractivity contribution in [3.05, 3.63) is 36.0 Å². The largest absolute Gasteiger partial charge is 0.360 e. The number of nitrogens with zero attached hydrogens (tertiary/aromatic N) is 1. The number of carbonyl (C=O) groups excluding carboxylic acids is 1. The minimum Gasteiger partial charge on any atom is -0.360 e. The molecule has 0 aromatic heterocycles. The maximum atomic E-state index is 12.6. The molecule has 1 fully saturated rings. The number of sulfonamides is 1. The molecule has 1 saturated carbocycles. The van der Waals surface area contributed by atoms with Crippen molar-refractivity contribution >= 4 is 21.6 Å². The van der Waals surface area contributed by atoms with E-state index in [1.54, 1.807) is 0 Å². The van der Waals surface area contributed by atoms with Crippen LogP contribution in [0.3, 0.4) is 0 Å². The minimum atomic E-state index is -3.76. The lowest BCUT2D eigenvalue weighted by Crippen LogP contribution is -2.35. The van der Waals surface area contributed by atoms with Crippen molar-refractivity contribution in [2.75, 3.05) is 5.32 Å². The molecule has 1 aliphatic carbocycles. The minimum absolute atomic E-state index is 0.00205. The van der Waals surface area contributed by atoms with Gasteiger partial charge < -0.3 is 10.6 Å². The zero-order chi connectivity index (χ0) is 21.8. The molecular weight excluding hydrogens is 400 g/mol. The van der Waals surface area contributed by atoms with Crippen molar-refractivity contribution in [1.82, 2.24) is 5.32 Å². The van der Waals surface area contributed by atoms with Gasteiger partial charge in [0.05, 0.1) is 4.90 Å². The normalized spacial score (nSPS) is 17.8. The van der Waals surface area contributed by atoms with Gasteiger partial charge in [-0.3, -0.25) is 4.79 Å². The third kappa shape index (κ3) is 8.56. The quantitative estimate of drug-likeness (QED) is 0.480. The molecule has 0 radical (unpaired) electrons. The summed E-state index contributed by atoms with van der Waals surface area (Å²) in [6, 6.07) is 7.80. The van der Waals surface area contributed by atoms with Crippen LogP contribution < -0.4 is 15.8 Å². The number of benzene rings is 1. The maximum absolute atomic E-state index is 12.6. The average Bonchev–Trinajstić information content (AvgIpc) is 2.70. The highest BCUT2D eigenvalue weighted by molar-refractivity contribution is 7.89. The Morgan fingerprint density at radius 2 is 1.47 bits per heavy atom. The number of hydrogen-bond acceptors (Lipinski definition) is 5. The number of nitriles is 1. The Labute approximate surface area is 179 Å². The topological polar surface area (TPSA) is 125 Å². The second kappa shape index (κ2) is 12.4. The van der Waals surface area contributed by atoms with Crippen LogP contribution in [0.5, 0.6) is 0 Å². The third-order valence-corrected chi connectivity index (χ3v) is 6.30. The Kier molecular flexibility index (Phi) is 9.84. The lowest BCUT2D eigenvalue weighted by Gasteiger charge is -2.19. The molecule has 164 valence electrons. The van der Waals surface area contributed by atoms with Gasteiger partial charge in [0.25, 0.3) is 5.91 Å². The fraction of sp³-hybridized carbons (Fsp3) is 0.545. The van der Waals surface area contributed by atoms with Crippen molar-refractivity contribution in [3.8, 4) is 6.07 Å². The SMILES string of the molecule is N#C/C(=C/Nc1ccc(S(N)(=O)=O)cc1)C(=O)NC1CCCCCCCCCCC1. The highest BCUT2D eigenvalue weighted by Gasteiger charge is 2.16. The number of hydrogen-bond donors (Lipinski definition) is 3. The summed E-state index contributed by atoms with van der Waals surface area (Å²) in [6.07, 6.45) is 14.2. The average molecular weight is 433 g/mol. The van der Waals surface area contributed by atoms with E-state index in [0.29, 0.717) is 5.69 Å². The van der Waals surface area contributed by atoms with Crippen LogP contribution in [0.1, 0.15) is 70.6 Å². The molecule has 1 aromatic rings. The van der Waals surface area contributed by atoms with Gasteiger partial charge in [-0.05, 0) is 37.1 Å². The lowest BCUT2D eigenvalue weighted by atomic mass is 9.98. The summed E-state index contributed by atoms with van der Waals surface area (Å²) in [7, 11) is -3.76. The van der Waals surface area contributed by atoms with Crippen molar-refractivity contribution in [2.24, 2.45) is 5.14 Å². The van der Waals surface area contributed by atoms with Gasteiger partial charge in [0.15, 0.2) is 0 Å². The smallest absolute Gasteiger partial charge is 0.263 e. The monoisotopic (exact) mass is 432 g/mol. The van der Waals surface area contributed by atoms with Crippen LogP contribution in [-0.4, -0.2) is 20.4 Å². The van der Waals surface area contributed by atoms with Crippen LogP contribution in [0.25, 0.3) is 0 Å². The fourth-order valence-electron chi connectivity index (χ4n) is 3.62. The van der Waals surface area contributed by atoms with Crippen LogP contribution in [-0.2, 0) is 14.8 Å². The molecule has 1 aliphatic rings. The summed E-state index contributed by atoms with van der Waals surface area (Å²) >= 11 is 0. The summed E-state index contributed by atoms with van der Waals surface area (Å²) in [6.45, 7) is 0. The molecular formula is C22H32N4O3S. The van der Waals surface area contributed by atoms with Gasteiger partial charge in [-0.15, -0.1) is 0 Å². The molecule has 4 N–H and O–H groups in total. The number of nitrogens with two attached hydrogens (primary N) is 1. The molecule has 1 amide bonds. The summed E-state index contributed by atoms with van der Waals surface area (Å²) in [5.74, 6) is -0.386. The molecule has 2 rings (SSSR count). The first-order chi connectivity index (χ1) is 14.4. The van der Waals surface area contributed by atoms with E-state index in [4.69, 9.17) is 5.14 Å². The zero-order valence-electron chi connectivity index (χ0n) is 17.4. The predicted octanol–water partition coefficient (Wildman–Crippen LogP) is 3.94. The molecule has 0 spiro atoms. The molecule has 0 atom stereocenters. The Morgan fingerprint density at radius 3 is 1.93 bits per heavy atom. The first-order valence-corrected chi connectivity index (χ1v) is 12.3. The lowest BCUT2D eigenvalue weighted by molar-refractivity contribution is -0.117. The Hall–Kier alpha value is -2.37. The Bertz CT molecular complexity index is 845.